The van der Waals surface area contributed by atoms with Gasteiger partial charge in [-0.05, 0) is 19.4 Å². The van der Waals surface area contributed by atoms with Crippen molar-refractivity contribution in [2.24, 2.45) is 0 Å². The van der Waals surface area contributed by atoms with E-state index in [2.05, 4.69) is 19.2 Å². The Morgan fingerprint density at radius 2 is 2.00 bits per heavy atom. The molecule has 0 aliphatic rings. The van der Waals surface area contributed by atoms with Gasteiger partial charge in [-0.25, -0.2) is 0 Å². The summed E-state index contributed by atoms with van der Waals surface area (Å²) < 4.78 is 0. The van der Waals surface area contributed by atoms with Gasteiger partial charge < -0.3 is 5.32 Å². The van der Waals surface area contributed by atoms with Crippen LogP contribution >= 0.6 is 0 Å². The van der Waals surface area contributed by atoms with Crippen LogP contribution in [0, 0.1) is 0 Å². The lowest BCUT2D eigenvalue weighted by atomic mass is 10.1. The summed E-state index contributed by atoms with van der Waals surface area (Å²) in [7, 11) is 0. The predicted molar refractivity (Wildman–Crippen MR) is 52.3 cm³/mol. The SMILES string of the molecule is CCC(=O)CCCCNC(C)C. The van der Waals surface area contributed by atoms with Gasteiger partial charge in [0.15, 0.2) is 0 Å². The van der Waals surface area contributed by atoms with E-state index < -0.39 is 0 Å². The Morgan fingerprint density at radius 3 is 2.50 bits per heavy atom. The first-order chi connectivity index (χ1) is 5.66. The van der Waals surface area contributed by atoms with E-state index in [0.29, 0.717) is 18.2 Å². The second-order valence-electron chi connectivity index (χ2n) is 3.46. The second-order valence-corrected chi connectivity index (χ2v) is 3.46. The molecule has 0 rings (SSSR count). The topological polar surface area (TPSA) is 29.1 Å². The summed E-state index contributed by atoms with van der Waals surface area (Å²) in [5.41, 5.74) is 0. The maximum Gasteiger partial charge on any atom is 0.132 e. The Kier molecular flexibility index (Phi) is 7.06. The minimum atomic E-state index is 0.388. The fraction of sp³-hybridized carbons (Fsp3) is 0.900. The molecule has 0 aromatic rings. The first kappa shape index (κ1) is 11.6. The van der Waals surface area contributed by atoms with Crippen molar-refractivity contribution in [2.45, 2.75) is 52.5 Å². The molecule has 0 spiro atoms. The van der Waals surface area contributed by atoms with E-state index in [1.54, 1.807) is 0 Å². The first-order valence-corrected chi connectivity index (χ1v) is 4.92. The molecule has 0 aliphatic carbocycles. The Hall–Kier alpha value is -0.370. The van der Waals surface area contributed by atoms with E-state index in [9.17, 15) is 4.79 Å². The van der Waals surface area contributed by atoms with E-state index in [0.717, 1.165) is 25.8 Å². The molecule has 72 valence electrons. The Balaban J connectivity index is 3.05. The number of rotatable bonds is 7. The van der Waals surface area contributed by atoms with Crippen molar-refractivity contribution in [1.82, 2.24) is 5.32 Å². The number of carbonyl (C=O) groups excluding carboxylic acids is 1. The van der Waals surface area contributed by atoms with Crippen LogP contribution in [0.2, 0.25) is 0 Å². The van der Waals surface area contributed by atoms with Crippen molar-refractivity contribution in [1.29, 1.82) is 0 Å². The van der Waals surface area contributed by atoms with Crippen molar-refractivity contribution < 1.29 is 4.79 Å². The highest BCUT2D eigenvalue weighted by molar-refractivity contribution is 5.77. The van der Waals surface area contributed by atoms with Crippen molar-refractivity contribution in [3.8, 4) is 0 Å². The van der Waals surface area contributed by atoms with Gasteiger partial charge in [-0.3, -0.25) is 4.79 Å². The molecule has 0 heterocycles. The van der Waals surface area contributed by atoms with Crippen LogP contribution in [-0.4, -0.2) is 18.4 Å². The summed E-state index contributed by atoms with van der Waals surface area (Å²) in [5.74, 6) is 0.388. The summed E-state index contributed by atoms with van der Waals surface area (Å²) in [5, 5.41) is 3.33. The van der Waals surface area contributed by atoms with E-state index in [1.165, 1.54) is 0 Å². The van der Waals surface area contributed by atoms with Gasteiger partial charge in [0.2, 0.25) is 0 Å². The van der Waals surface area contributed by atoms with E-state index in [1.807, 2.05) is 6.92 Å². The van der Waals surface area contributed by atoms with Gasteiger partial charge in [0.1, 0.15) is 5.78 Å². The lowest BCUT2D eigenvalue weighted by Gasteiger charge is -2.06. The molecule has 1 N–H and O–H groups in total. The maximum absolute atomic E-state index is 10.9. The zero-order chi connectivity index (χ0) is 9.40. The molecule has 0 atom stereocenters. The standard InChI is InChI=1S/C10H21NO/c1-4-10(12)7-5-6-8-11-9(2)3/h9,11H,4-8H2,1-3H3. The highest BCUT2D eigenvalue weighted by Gasteiger charge is 1.97. The van der Waals surface area contributed by atoms with Gasteiger partial charge in [0.25, 0.3) is 0 Å². The lowest BCUT2D eigenvalue weighted by Crippen LogP contribution is -2.23. The molecule has 0 aliphatic heterocycles. The van der Waals surface area contributed by atoms with Crippen LogP contribution in [0.15, 0.2) is 0 Å². The number of hydrogen-bond donors (Lipinski definition) is 1. The molecular formula is C10H21NO. The molecule has 0 amide bonds. The molecule has 0 saturated carbocycles. The summed E-state index contributed by atoms with van der Waals surface area (Å²) in [6.07, 6.45) is 3.60. The molecule has 0 unspecified atom stereocenters. The largest absolute Gasteiger partial charge is 0.315 e. The van der Waals surface area contributed by atoms with Crippen LogP contribution < -0.4 is 5.32 Å². The van der Waals surface area contributed by atoms with Gasteiger partial charge >= 0.3 is 0 Å². The highest BCUT2D eigenvalue weighted by atomic mass is 16.1. The molecule has 0 saturated heterocycles. The maximum atomic E-state index is 10.9. The van der Waals surface area contributed by atoms with E-state index in [-0.39, 0.29) is 0 Å². The highest BCUT2D eigenvalue weighted by Crippen LogP contribution is 1.97. The van der Waals surface area contributed by atoms with Gasteiger partial charge in [-0.15, -0.1) is 0 Å². The first-order valence-electron chi connectivity index (χ1n) is 4.92. The summed E-state index contributed by atoms with van der Waals surface area (Å²) in [4.78, 5) is 10.9. The van der Waals surface area contributed by atoms with E-state index >= 15 is 0 Å². The minimum absolute atomic E-state index is 0.388. The fourth-order valence-electron chi connectivity index (χ4n) is 1.01. The number of ketones is 1. The normalized spacial score (nSPS) is 10.7. The average molecular weight is 171 g/mol. The number of Topliss-reactive ketones (excluding diaryl/α,β-unsaturated/α-hetero) is 1. The predicted octanol–water partition coefficient (Wildman–Crippen LogP) is 2.13. The smallest absolute Gasteiger partial charge is 0.132 e. The zero-order valence-corrected chi connectivity index (χ0v) is 8.52. The molecule has 2 heteroatoms. The van der Waals surface area contributed by atoms with Gasteiger partial charge in [0.05, 0.1) is 0 Å². The monoisotopic (exact) mass is 171 g/mol. The summed E-state index contributed by atoms with van der Waals surface area (Å²) in [6.45, 7) is 7.23. The van der Waals surface area contributed by atoms with Gasteiger partial charge in [0, 0.05) is 18.9 Å². The van der Waals surface area contributed by atoms with Crippen LogP contribution in [-0.2, 0) is 4.79 Å². The van der Waals surface area contributed by atoms with Gasteiger partial charge in [-0.2, -0.15) is 0 Å². The van der Waals surface area contributed by atoms with E-state index in [4.69, 9.17) is 0 Å². The second kappa shape index (κ2) is 7.29. The Bertz CT molecular complexity index is 121. The van der Waals surface area contributed by atoms with Crippen LogP contribution in [0.4, 0.5) is 0 Å². The van der Waals surface area contributed by atoms with Crippen molar-refractivity contribution in [2.75, 3.05) is 6.54 Å². The average Bonchev–Trinajstić information content (AvgIpc) is 2.03. The lowest BCUT2D eigenvalue weighted by molar-refractivity contribution is -0.118. The minimum Gasteiger partial charge on any atom is -0.315 e. The molecule has 2 nitrogen and oxygen atoms in total. The molecule has 0 aromatic carbocycles. The van der Waals surface area contributed by atoms with Gasteiger partial charge in [-0.1, -0.05) is 20.8 Å². The van der Waals surface area contributed by atoms with Crippen molar-refractivity contribution in [3.63, 3.8) is 0 Å². The Labute approximate surface area is 75.7 Å². The number of unbranched alkanes of at least 4 members (excludes halogenated alkanes) is 1. The van der Waals surface area contributed by atoms with Crippen LogP contribution in [0.25, 0.3) is 0 Å². The van der Waals surface area contributed by atoms with Crippen LogP contribution in [0.1, 0.15) is 46.5 Å². The fourth-order valence-corrected chi connectivity index (χ4v) is 1.01. The Morgan fingerprint density at radius 1 is 1.33 bits per heavy atom. The zero-order valence-electron chi connectivity index (χ0n) is 8.52. The number of hydrogen-bond acceptors (Lipinski definition) is 2. The molecule has 0 fully saturated rings. The summed E-state index contributed by atoms with van der Waals surface area (Å²) in [6, 6.07) is 0.562. The molecule has 0 aromatic heterocycles. The van der Waals surface area contributed by atoms with Crippen molar-refractivity contribution in [3.05, 3.63) is 0 Å². The molecule has 0 bridgehead atoms. The third-order valence-corrected chi connectivity index (χ3v) is 1.83. The molecule has 0 radical (unpaired) electrons. The quantitative estimate of drug-likeness (QED) is 0.595. The van der Waals surface area contributed by atoms with Crippen LogP contribution in [0.5, 0.6) is 0 Å². The molecule has 12 heavy (non-hydrogen) atoms. The number of nitrogens with one attached hydrogen (secondary N) is 1. The third kappa shape index (κ3) is 7.73. The van der Waals surface area contributed by atoms with Crippen molar-refractivity contribution >= 4 is 5.78 Å². The molecular weight excluding hydrogens is 150 g/mol. The number of carbonyl (C=O) groups is 1. The van der Waals surface area contributed by atoms with Crippen LogP contribution in [0.3, 0.4) is 0 Å². The third-order valence-electron chi connectivity index (χ3n) is 1.83. The summed E-state index contributed by atoms with van der Waals surface area (Å²) >= 11 is 0.